The molecule has 8 nitrogen and oxygen atoms in total. The summed E-state index contributed by atoms with van der Waals surface area (Å²) in [6.07, 6.45) is 3.30. The van der Waals surface area contributed by atoms with Gasteiger partial charge in [0.05, 0.1) is 22.6 Å². The molecule has 4 rings (SSSR count). The van der Waals surface area contributed by atoms with Crippen molar-refractivity contribution >= 4 is 44.2 Å². The third-order valence-electron chi connectivity index (χ3n) is 7.29. The lowest BCUT2D eigenvalue weighted by Gasteiger charge is -2.46. The minimum Gasteiger partial charge on any atom is -0.466 e. The Bertz CT molecular complexity index is 1080. The maximum absolute atomic E-state index is 13.4. The second-order valence-corrected chi connectivity index (χ2v) is 10.6. The van der Waals surface area contributed by atoms with E-state index in [2.05, 4.69) is 10.2 Å². The van der Waals surface area contributed by atoms with E-state index >= 15 is 0 Å². The van der Waals surface area contributed by atoms with Gasteiger partial charge >= 0.3 is 5.97 Å². The molecule has 0 saturated carbocycles. The monoisotopic (exact) mass is 500 g/mol. The fourth-order valence-electron chi connectivity index (χ4n) is 5.59. The van der Waals surface area contributed by atoms with Crippen molar-refractivity contribution in [3.05, 3.63) is 29.8 Å². The van der Waals surface area contributed by atoms with Crippen LogP contribution in [0.1, 0.15) is 56.3 Å². The molecule has 35 heavy (non-hydrogen) atoms. The van der Waals surface area contributed by atoms with Crippen molar-refractivity contribution in [1.29, 1.82) is 0 Å². The van der Waals surface area contributed by atoms with Crippen LogP contribution in [0.25, 0.3) is 10.1 Å². The maximum atomic E-state index is 13.4. The number of thiophene rings is 1. The van der Waals surface area contributed by atoms with Gasteiger partial charge < -0.3 is 20.7 Å². The number of hydrogen-bond acceptors (Lipinski definition) is 7. The van der Waals surface area contributed by atoms with Crippen LogP contribution < -0.4 is 11.1 Å². The molecule has 1 atom stereocenters. The molecule has 2 aromatic rings. The molecule has 2 fully saturated rings. The first kappa shape index (κ1) is 25.4. The minimum atomic E-state index is -0.815. The van der Waals surface area contributed by atoms with Gasteiger partial charge in [-0.1, -0.05) is 18.2 Å². The van der Waals surface area contributed by atoms with E-state index in [0.717, 1.165) is 35.9 Å². The molecule has 1 aromatic carbocycles. The minimum absolute atomic E-state index is 0.00542. The van der Waals surface area contributed by atoms with Crippen LogP contribution in [0.4, 0.5) is 5.00 Å². The molecule has 1 aromatic heterocycles. The van der Waals surface area contributed by atoms with Crippen molar-refractivity contribution in [2.24, 2.45) is 5.41 Å². The molecule has 2 amide bonds. The van der Waals surface area contributed by atoms with Gasteiger partial charge in [0.25, 0.3) is 5.91 Å². The second kappa shape index (κ2) is 11.0. The third kappa shape index (κ3) is 5.30. The predicted molar refractivity (Wildman–Crippen MR) is 138 cm³/mol. The highest BCUT2D eigenvalue weighted by atomic mass is 32.1. The number of esters is 1. The standard InChI is InChI=1S/C26H36N4O4S/c1-3-28-21(31)16-26(25(33)34-4-2)12-7-13-30(17-26)18-10-14-29(15-11-18)24(32)22-19-8-5-6-9-20(19)35-23(22)27/h5-6,8-9,18H,3-4,7,10-17,27H2,1-2H3,(H,28,31). The molecule has 9 heteroatoms. The highest BCUT2D eigenvalue weighted by molar-refractivity contribution is 7.23. The molecular formula is C26H36N4O4S. The van der Waals surface area contributed by atoms with Crippen LogP contribution >= 0.6 is 11.3 Å². The van der Waals surface area contributed by atoms with E-state index in [1.54, 1.807) is 6.92 Å². The number of nitrogens with zero attached hydrogens (tertiary/aromatic N) is 2. The topological polar surface area (TPSA) is 105 Å². The highest BCUT2D eigenvalue weighted by Gasteiger charge is 2.46. The number of fused-ring (bicyclic) bond motifs is 1. The van der Waals surface area contributed by atoms with Gasteiger partial charge in [0.15, 0.2) is 0 Å². The van der Waals surface area contributed by atoms with Gasteiger partial charge in [0, 0.05) is 48.7 Å². The summed E-state index contributed by atoms with van der Waals surface area (Å²) in [5, 5.41) is 4.33. The van der Waals surface area contributed by atoms with Crippen LogP contribution in [0.5, 0.6) is 0 Å². The maximum Gasteiger partial charge on any atom is 0.313 e. The van der Waals surface area contributed by atoms with Crippen LogP contribution in [-0.2, 0) is 14.3 Å². The Morgan fingerprint density at radius 3 is 2.63 bits per heavy atom. The van der Waals surface area contributed by atoms with Crippen LogP contribution in [-0.4, -0.2) is 73.0 Å². The van der Waals surface area contributed by atoms with Crippen molar-refractivity contribution in [3.63, 3.8) is 0 Å². The number of ether oxygens (including phenoxy) is 1. The molecule has 0 bridgehead atoms. The summed E-state index contributed by atoms with van der Waals surface area (Å²) in [5.41, 5.74) is 6.04. The lowest BCUT2D eigenvalue weighted by atomic mass is 9.76. The zero-order valence-corrected chi connectivity index (χ0v) is 21.5. The van der Waals surface area contributed by atoms with Gasteiger partial charge in [-0.15, -0.1) is 11.3 Å². The van der Waals surface area contributed by atoms with E-state index in [0.29, 0.717) is 49.8 Å². The molecule has 0 radical (unpaired) electrons. The molecule has 0 aliphatic carbocycles. The fourth-order valence-corrected chi connectivity index (χ4v) is 6.55. The van der Waals surface area contributed by atoms with E-state index in [4.69, 9.17) is 10.5 Å². The smallest absolute Gasteiger partial charge is 0.313 e. The van der Waals surface area contributed by atoms with Crippen molar-refractivity contribution < 1.29 is 19.1 Å². The largest absolute Gasteiger partial charge is 0.466 e. The number of likely N-dealkylation sites (tertiary alicyclic amines) is 2. The SMILES string of the molecule is CCNC(=O)CC1(C(=O)OCC)CCCN(C2CCN(C(=O)c3c(N)sc4ccccc34)CC2)C1. The number of piperidine rings is 2. The fraction of sp³-hybridized carbons (Fsp3) is 0.577. The number of amides is 2. The van der Waals surface area contributed by atoms with E-state index in [1.165, 1.54) is 11.3 Å². The van der Waals surface area contributed by atoms with Gasteiger partial charge in [-0.05, 0) is 52.1 Å². The summed E-state index contributed by atoms with van der Waals surface area (Å²) in [6.45, 7) is 7.21. The van der Waals surface area contributed by atoms with Gasteiger partial charge in [-0.2, -0.15) is 0 Å². The van der Waals surface area contributed by atoms with Crippen LogP contribution in [0.3, 0.4) is 0 Å². The van der Waals surface area contributed by atoms with Gasteiger partial charge in [0.1, 0.15) is 0 Å². The first-order valence-corrected chi connectivity index (χ1v) is 13.4. The predicted octanol–water partition coefficient (Wildman–Crippen LogP) is 3.26. The lowest BCUT2D eigenvalue weighted by Crippen LogP contribution is -2.55. The van der Waals surface area contributed by atoms with E-state index < -0.39 is 5.41 Å². The quantitative estimate of drug-likeness (QED) is 0.566. The summed E-state index contributed by atoms with van der Waals surface area (Å²) < 4.78 is 6.45. The lowest BCUT2D eigenvalue weighted by molar-refractivity contribution is -0.162. The zero-order valence-electron chi connectivity index (χ0n) is 20.7. The van der Waals surface area contributed by atoms with Crippen molar-refractivity contribution in [3.8, 4) is 0 Å². The van der Waals surface area contributed by atoms with Crippen LogP contribution in [0, 0.1) is 5.41 Å². The molecule has 3 N–H and O–H groups in total. The first-order valence-electron chi connectivity index (χ1n) is 12.6. The van der Waals surface area contributed by atoms with Crippen LogP contribution in [0.2, 0.25) is 0 Å². The Morgan fingerprint density at radius 2 is 1.91 bits per heavy atom. The number of nitrogens with one attached hydrogen (secondary N) is 1. The van der Waals surface area contributed by atoms with Crippen molar-refractivity contribution in [2.75, 3.05) is 45.1 Å². The third-order valence-corrected chi connectivity index (χ3v) is 8.29. The Morgan fingerprint density at radius 1 is 1.17 bits per heavy atom. The summed E-state index contributed by atoms with van der Waals surface area (Å²) in [6, 6.07) is 8.11. The molecule has 2 saturated heterocycles. The number of carbonyl (C=O) groups is 3. The number of benzene rings is 1. The number of nitrogens with two attached hydrogens (primary N) is 1. The summed E-state index contributed by atoms with van der Waals surface area (Å²) in [5.74, 6) is -0.388. The molecule has 0 spiro atoms. The van der Waals surface area contributed by atoms with Crippen LogP contribution in [0.15, 0.2) is 24.3 Å². The Kier molecular flexibility index (Phi) is 7.96. The number of hydrogen-bond donors (Lipinski definition) is 2. The molecule has 2 aliphatic rings. The van der Waals surface area contributed by atoms with Gasteiger partial charge in [-0.25, -0.2) is 0 Å². The van der Waals surface area contributed by atoms with E-state index in [1.807, 2.05) is 36.1 Å². The average molecular weight is 501 g/mol. The summed E-state index contributed by atoms with van der Waals surface area (Å²) in [4.78, 5) is 43.1. The number of nitrogen functional groups attached to an aromatic ring is 1. The number of carbonyl (C=O) groups excluding carboxylic acids is 3. The highest BCUT2D eigenvalue weighted by Crippen LogP contribution is 2.38. The molecule has 3 heterocycles. The number of rotatable bonds is 7. The van der Waals surface area contributed by atoms with Gasteiger partial charge in [-0.3, -0.25) is 19.3 Å². The molecule has 1 unspecified atom stereocenters. The first-order chi connectivity index (χ1) is 16.9. The zero-order chi connectivity index (χ0) is 25.0. The molecular weight excluding hydrogens is 464 g/mol. The number of anilines is 1. The van der Waals surface area contributed by atoms with Crippen molar-refractivity contribution in [2.45, 2.75) is 52.0 Å². The average Bonchev–Trinajstić information content (AvgIpc) is 3.19. The van der Waals surface area contributed by atoms with E-state index in [-0.39, 0.29) is 30.2 Å². The summed E-state index contributed by atoms with van der Waals surface area (Å²) in [7, 11) is 0. The molecule has 190 valence electrons. The Hall–Kier alpha value is -2.65. The molecule has 2 aliphatic heterocycles. The van der Waals surface area contributed by atoms with Gasteiger partial charge in [0.2, 0.25) is 5.91 Å². The van der Waals surface area contributed by atoms with Crippen molar-refractivity contribution in [1.82, 2.24) is 15.1 Å². The second-order valence-electron chi connectivity index (χ2n) is 9.57. The van der Waals surface area contributed by atoms with E-state index in [9.17, 15) is 14.4 Å². The normalized spacial score (nSPS) is 21.7. The Balaban J connectivity index is 1.43. The Labute approximate surface area is 210 Å². The summed E-state index contributed by atoms with van der Waals surface area (Å²) >= 11 is 1.45.